The summed E-state index contributed by atoms with van der Waals surface area (Å²) in [5.74, 6) is -0.156. The molecule has 0 aliphatic rings. The smallest absolute Gasteiger partial charge is 0.343 e. The van der Waals surface area contributed by atoms with Gasteiger partial charge in [-0.1, -0.05) is 35.3 Å². The summed E-state index contributed by atoms with van der Waals surface area (Å²) in [5.41, 5.74) is 0.925. The van der Waals surface area contributed by atoms with Gasteiger partial charge in [-0.2, -0.15) is 5.26 Å². The second-order valence-electron chi connectivity index (χ2n) is 6.98. The van der Waals surface area contributed by atoms with Crippen molar-refractivity contribution in [2.45, 2.75) is 6.92 Å². The molecule has 3 aromatic rings. The quantitative estimate of drug-likeness (QED) is 0.168. The number of nitriles is 1. The highest BCUT2D eigenvalue weighted by atomic mass is 35.5. The number of hydrogen-bond acceptors (Lipinski definition) is 6. The van der Waals surface area contributed by atoms with Crippen LogP contribution in [0.4, 0.5) is 5.69 Å². The van der Waals surface area contributed by atoms with Crippen LogP contribution in [0.3, 0.4) is 0 Å². The lowest BCUT2D eigenvalue weighted by molar-refractivity contribution is -0.112. The van der Waals surface area contributed by atoms with Crippen molar-refractivity contribution >= 4 is 46.8 Å². The first-order chi connectivity index (χ1) is 16.9. The lowest BCUT2D eigenvalue weighted by atomic mass is 10.1. The minimum Gasteiger partial charge on any atom is -0.497 e. The number of nitrogens with one attached hydrogen (secondary N) is 1. The van der Waals surface area contributed by atoms with Gasteiger partial charge in [-0.15, -0.1) is 0 Å². The summed E-state index contributed by atoms with van der Waals surface area (Å²) in [6.45, 7) is 2.08. The molecule has 0 bridgehead atoms. The molecule has 0 aromatic heterocycles. The van der Waals surface area contributed by atoms with E-state index in [9.17, 15) is 14.9 Å². The molecule has 0 radical (unpaired) electrons. The number of hydrogen-bond donors (Lipinski definition) is 1. The van der Waals surface area contributed by atoms with E-state index >= 15 is 0 Å². The fraction of sp³-hybridized carbons (Fsp3) is 0.115. The van der Waals surface area contributed by atoms with Crippen molar-refractivity contribution in [2.75, 3.05) is 19.0 Å². The van der Waals surface area contributed by atoms with Gasteiger partial charge >= 0.3 is 5.97 Å². The Morgan fingerprint density at radius 2 is 1.80 bits per heavy atom. The van der Waals surface area contributed by atoms with Gasteiger partial charge in [-0.05, 0) is 67.1 Å². The molecule has 0 fully saturated rings. The van der Waals surface area contributed by atoms with Crippen LogP contribution in [-0.4, -0.2) is 25.6 Å². The number of methoxy groups -OCH3 is 1. The molecule has 0 unspecified atom stereocenters. The average molecular weight is 511 g/mol. The van der Waals surface area contributed by atoms with E-state index in [-0.39, 0.29) is 32.8 Å². The largest absolute Gasteiger partial charge is 0.497 e. The predicted molar refractivity (Wildman–Crippen MR) is 134 cm³/mol. The third kappa shape index (κ3) is 6.54. The maximum absolute atomic E-state index is 12.6. The van der Waals surface area contributed by atoms with Crippen molar-refractivity contribution in [1.82, 2.24) is 0 Å². The molecule has 0 aliphatic heterocycles. The summed E-state index contributed by atoms with van der Waals surface area (Å²) in [6.07, 6.45) is 1.38. The number of esters is 1. The Morgan fingerprint density at radius 3 is 2.46 bits per heavy atom. The number of carbonyl (C=O) groups is 2. The average Bonchev–Trinajstić information content (AvgIpc) is 2.86. The van der Waals surface area contributed by atoms with Crippen LogP contribution in [0.15, 0.2) is 66.2 Å². The SMILES string of the molecule is CCOc1cc(/C=C(\C#N)C(=O)Nc2cccc(Cl)c2Cl)ccc1OC(=O)c1ccc(OC)cc1. The fourth-order valence-electron chi connectivity index (χ4n) is 2.96. The molecule has 1 N–H and O–H groups in total. The zero-order valence-corrected chi connectivity index (χ0v) is 20.3. The standard InChI is InChI=1S/C26H20Cl2N2O5/c1-3-34-23-14-16(7-12-22(23)35-26(32)17-8-10-19(33-2)11-9-17)13-18(15-29)25(31)30-21-6-4-5-20(27)24(21)28/h4-14H,3H2,1-2H3,(H,30,31)/b18-13+. The molecule has 178 valence electrons. The zero-order chi connectivity index (χ0) is 25.4. The van der Waals surface area contributed by atoms with Crippen LogP contribution in [0.25, 0.3) is 6.08 Å². The van der Waals surface area contributed by atoms with Gasteiger partial charge in [0.05, 0.1) is 35.0 Å². The summed E-state index contributed by atoms with van der Waals surface area (Å²) in [4.78, 5) is 25.2. The number of carbonyl (C=O) groups excluding carboxylic acids is 2. The minimum absolute atomic E-state index is 0.168. The summed E-state index contributed by atoms with van der Waals surface area (Å²) in [7, 11) is 1.53. The number of ether oxygens (including phenoxy) is 3. The van der Waals surface area contributed by atoms with E-state index in [0.29, 0.717) is 23.5 Å². The summed E-state index contributed by atoms with van der Waals surface area (Å²) < 4.78 is 16.2. The van der Waals surface area contributed by atoms with Crippen LogP contribution in [0, 0.1) is 11.3 Å². The van der Waals surface area contributed by atoms with Crippen LogP contribution >= 0.6 is 23.2 Å². The maximum atomic E-state index is 12.6. The van der Waals surface area contributed by atoms with Crippen molar-refractivity contribution in [3.63, 3.8) is 0 Å². The number of nitrogens with zero attached hydrogens (tertiary/aromatic N) is 1. The molecule has 9 heteroatoms. The second-order valence-corrected chi connectivity index (χ2v) is 7.77. The van der Waals surface area contributed by atoms with Crippen LogP contribution < -0.4 is 19.5 Å². The number of benzene rings is 3. The highest BCUT2D eigenvalue weighted by Crippen LogP contribution is 2.32. The van der Waals surface area contributed by atoms with Crippen LogP contribution in [0.2, 0.25) is 10.0 Å². The van der Waals surface area contributed by atoms with Crippen LogP contribution in [0.5, 0.6) is 17.2 Å². The van der Waals surface area contributed by atoms with E-state index in [0.717, 1.165) is 0 Å². The minimum atomic E-state index is -0.662. The van der Waals surface area contributed by atoms with Gasteiger partial charge in [0.1, 0.15) is 17.4 Å². The van der Waals surface area contributed by atoms with E-state index in [1.54, 1.807) is 61.5 Å². The highest BCUT2D eigenvalue weighted by molar-refractivity contribution is 6.44. The maximum Gasteiger partial charge on any atom is 0.343 e. The molecule has 0 aliphatic carbocycles. The third-order valence-electron chi connectivity index (χ3n) is 4.67. The Kier molecular flexibility index (Phi) is 8.74. The molecular weight excluding hydrogens is 491 g/mol. The van der Waals surface area contributed by atoms with Gasteiger partial charge in [0.2, 0.25) is 0 Å². The molecule has 0 atom stereocenters. The zero-order valence-electron chi connectivity index (χ0n) is 18.8. The van der Waals surface area contributed by atoms with Gasteiger partial charge < -0.3 is 19.5 Å². The first-order valence-corrected chi connectivity index (χ1v) is 11.1. The van der Waals surface area contributed by atoms with Gasteiger partial charge in [-0.25, -0.2) is 4.79 Å². The van der Waals surface area contributed by atoms with Crippen molar-refractivity contribution < 1.29 is 23.8 Å². The molecule has 7 nitrogen and oxygen atoms in total. The topological polar surface area (TPSA) is 97.6 Å². The molecule has 0 saturated carbocycles. The molecule has 0 saturated heterocycles. The van der Waals surface area contributed by atoms with E-state index < -0.39 is 11.9 Å². The molecule has 1 amide bonds. The van der Waals surface area contributed by atoms with Crippen molar-refractivity contribution in [1.29, 1.82) is 5.26 Å². The Labute approximate surface area is 212 Å². The Morgan fingerprint density at radius 1 is 1.06 bits per heavy atom. The molecule has 0 spiro atoms. The number of anilines is 1. The van der Waals surface area contributed by atoms with E-state index in [2.05, 4.69) is 5.32 Å². The van der Waals surface area contributed by atoms with Gasteiger partial charge in [0, 0.05) is 0 Å². The first-order valence-electron chi connectivity index (χ1n) is 10.4. The Bertz CT molecular complexity index is 1310. The Hall–Kier alpha value is -3.99. The van der Waals surface area contributed by atoms with Gasteiger partial charge in [0.15, 0.2) is 11.5 Å². The van der Waals surface area contributed by atoms with Crippen molar-refractivity contribution in [3.05, 3.63) is 87.4 Å². The lowest BCUT2D eigenvalue weighted by Crippen LogP contribution is -2.13. The second kappa shape index (κ2) is 11.9. The predicted octanol–water partition coefficient (Wildman–Crippen LogP) is 6.17. The monoisotopic (exact) mass is 510 g/mol. The first kappa shape index (κ1) is 25.6. The highest BCUT2D eigenvalue weighted by Gasteiger charge is 2.16. The summed E-state index contributed by atoms with van der Waals surface area (Å²) in [6, 6.07) is 17.8. The summed E-state index contributed by atoms with van der Waals surface area (Å²) >= 11 is 12.1. The molecule has 3 rings (SSSR count). The van der Waals surface area contributed by atoms with Crippen LogP contribution in [0.1, 0.15) is 22.8 Å². The Balaban J connectivity index is 1.83. The molecular formula is C26H20Cl2N2O5. The van der Waals surface area contributed by atoms with Crippen LogP contribution in [-0.2, 0) is 4.79 Å². The van der Waals surface area contributed by atoms with Crippen molar-refractivity contribution in [2.24, 2.45) is 0 Å². The third-order valence-corrected chi connectivity index (χ3v) is 5.49. The van der Waals surface area contributed by atoms with Gasteiger partial charge in [-0.3, -0.25) is 4.79 Å². The van der Waals surface area contributed by atoms with Gasteiger partial charge in [0.25, 0.3) is 5.91 Å². The summed E-state index contributed by atoms with van der Waals surface area (Å²) in [5, 5.41) is 12.5. The lowest BCUT2D eigenvalue weighted by Gasteiger charge is -2.12. The van der Waals surface area contributed by atoms with E-state index in [1.165, 1.54) is 19.3 Å². The molecule has 35 heavy (non-hydrogen) atoms. The fourth-order valence-corrected chi connectivity index (χ4v) is 3.31. The molecule has 0 heterocycles. The van der Waals surface area contributed by atoms with E-state index in [4.69, 9.17) is 37.4 Å². The number of halogens is 2. The van der Waals surface area contributed by atoms with Crippen molar-refractivity contribution in [3.8, 4) is 23.3 Å². The number of amides is 1. The molecule has 3 aromatic carbocycles. The number of rotatable bonds is 8. The van der Waals surface area contributed by atoms with E-state index in [1.807, 2.05) is 6.07 Å². The normalized spacial score (nSPS) is 10.8.